The summed E-state index contributed by atoms with van der Waals surface area (Å²) in [6.45, 7) is 4.28. The molecular formula is C20H21ClN4O3. The Hall–Kier alpha value is -3.06. The molecule has 3 rings (SSSR count). The minimum atomic E-state index is -0.519. The second-order valence-corrected chi connectivity index (χ2v) is 7.04. The number of fused-ring (bicyclic) bond motifs is 1. The Morgan fingerprint density at radius 2 is 2.11 bits per heavy atom. The SMILES string of the molecule is CC(C)Oc1cc2[nH]c(=O)c(CCNc3cc(C(N)=O)ccn3)cc2cc1Cl. The van der Waals surface area contributed by atoms with Crippen molar-refractivity contribution in [1.82, 2.24) is 9.97 Å². The molecular weight excluding hydrogens is 380 g/mol. The summed E-state index contributed by atoms with van der Waals surface area (Å²) in [5.74, 6) is 0.538. The number of ether oxygens (including phenoxy) is 1. The van der Waals surface area contributed by atoms with Gasteiger partial charge in [0.15, 0.2) is 0 Å². The van der Waals surface area contributed by atoms with Crippen LogP contribution in [0.5, 0.6) is 5.75 Å². The Morgan fingerprint density at radius 1 is 1.32 bits per heavy atom. The van der Waals surface area contributed by atoms with Crippen LogP contribution in [0, 0.1) is 0 Å². The number of halogens is 1. The smallest absolute Gasteiger partial charge is 0.251 e. The summed E-state index contributed by atoms with van der Waals surface area (Å²) in [5.41, 5.74) is 6.74. The number of primary amides is 1. The van der Waals surface area contributed by atoms with Crippen molar-refractivity contribution in [2.24, 2.45) is 5.73 Å². The molecule has 0 aliphatic rings. The van der Waals surface area contributed by atoms with Gasteiger partial charge in [0.05, 0.1) is 16.6 Å². The number of nitrogens with two attached hydrogens (primary N) is 1. The van der Waals surface area contributed by atoms with Gasteiger partial charge in [-0.15, -0.1) is 0 Å². The summed E-state index contributed by atoms with van der Waals surface area (Å²) in [7, 11) is 0. The van der Waals surface area contributed by atoms with Crippen LogP contribution >= 0.6 is 11.6 Å². The van der Waals surface area contributed by atoms with Gasteiger partial charge in [-0.25, -0.2) is 4.98 Å². The molecule has 0 aliphatic heterocycles. The Morgan fingerprint density at radius 3 is 2.82 bits per heavy atom. The van der Waals surface area contributed by atoms with Crippen molar-refractivity contribution < 1.29 is 9.53 Å². The van der Waals surface area contributed by atoms with Gasteiger partial charge in [-0.05, 0) is 44.5 Å². The van der Waals surface area contributed by atoms with E-state index >= 15 is 0 Å². The Kier molecular flexibility index (Phi) is 5.84. The third-order valence-corrected chi connectivity index (χ3v) is 4.38. The first-order valence-corrected chi connectivity index (χ1v) is 9.23. The van der Waals surface area contributed by atoms with Gasteiger partial charge < -0.3 is 20.8 Å². The van der Waals surface area contributed by atoms with Crippen LogP contribution in [0.1, 0.15) is 29.8 Å². The molecule has 8 heteroatoms. The van der Waals surface area contributed by atoms with Crippen molar-refractivity contribution in [3.8, 4) is 5.75 Å². The van der Waals surface area contributed by atoms with Crippen LogP contribution in [0.4, 0.5) is 5.82 Å². The Balaban J connectivity index is 1.76. The number of anilines is 1. The molecule has 0 fully saturated rings. The van der Waals surface area contributed by atoms with E-state index in [-0.39, 0.29) is 11.7 Å². The Bertz CT molecular complexity index is 1080. The molecule has 0 aliphatic carbocycles. The number of carbonyl (C=O) groups is 1. The van der Waals surface area contributed by atoms with E-state index in [2.05, 4.69) is 15.3 Å². The van der Waals surface area contributed by atoms with Crippen LogP contribution in [-0.2, 0) is 6.42 Å². The summed E-state index contributed by atoms with van der Waals surface area (Å²) >= 11 is 6.29. The predicted octanol–water partition coefficient (Wildman–Crippen LogP) is 3.12. The highest BCUT2D eigenvalue weighted by Gasteiger charge is 2.10. The van der Waals surface area contributed by atoms with Gasteiger partial charge in [0.2, 0.25) is 5.91 Å². The molecule has 0 unspecified atom stereocenters. The minimum absolute atomic E-state index is 0.0197. The number of nitrogens with zero attached hydrogens (tertiary/aromatic N) is 1. The zero-order valence-electron chi connectivity index (χ0n) is 15.6. The molecule has 146 valence electrons. The van der Waals surface area contributed by atoms with Crippen LogP contribution in [0.3, 0.4) is 0 Å². The van der Waals surface area contributed by atoms with E-state index in [0.29, 0.717) is 46.2 Å². The van der Waals surface area contributed by atoms with Crippen molar-refractivity contribution in [3.05, 3.63) is 63.0 Å². The lowest BCUT2D eigenvalue weighted by atomic mass is 10.1. The average Bonchev–Trinajstić information content (AvgIpc) is 2.63. The first kappa shape index (κ1) is 19.7. The number of pyridine rings is 2. The molecule has 1 aromatic carbocycles. The number of hydrogen-bond donors (Lipinski definition) is 3. The van der Waals surface area contributed by atoms with E-state index in [4.69, 9.17) is 22.1 Å². The van der Waals surface area contributed by atoms with Gasteiger partial charge in [0, 0.05) is 35.3 Å². The highest BCUT2D eigenvalue weighted by molar-refractivity contribution is 6.32. The van der Waals surface area contributed by atoms with Crippen LogP contribution in [0.15, 0.2) is 41.3 Å². The van der Waals surface area contributed by atoms with Crippen LogP contribution in [0.25, 0.3) is 10.9 Å². The number of carbonyl (C=O) groups excluding carboxylic acids is 1. The quantitative estimate of drug-likeness (QED) is 0.564. The molecule has 0 bridgehead atoms. The molecule has 28 heavy (non-hydrogen) atoms. The van der Waals surface area contributed by atoms with Gasteiger partial charge in [0.25, 0.3) is 5.56 Å². The van der Waals surface area contributed by atoms with E-state index in [0.717, 1.165) is 5.39 Å². The van der Waals surface area contributed by atoms with E-state index in [1.165, 1.54) is 6.20 Å². The van der Waals surface area contributed by atoms with Crippen LogP contribution in [-0.4, -0.2) is 28.5 Å². The predicted molar refractivity (Wildman–Crippen MR) is 110 cm³/mol. The van der Waals surface area contributed by atoms with E-state index in [9.17, 15) is 9.59 Å². The maximum absolute atomic E-state index is 12.4. The first-order valence-electron chi connectivity index (χ1n) is 8.85. The van der Waals surface area contributed by atoms with Crippen molar-refractivity contribution in [3.63, 3.8) is 0 Å². The molecule has 2 heterocycles. The lowest BCUT2D eigenvalue weighted by Crippen LogP contribution is -2.17. The highest BCUT2D eigenvalue weighted by Crippen LogP contribution is 2.29. The lowest BCUT2D eigenvalue weighted by molar-refractivity contribution is 0.1000. The number of aromatic amines is 1. The van der Waals surface area contributed by atoms with E-state index in [1.807, 2.05) is 19.9 Å². The molecule has 0 saturated carbocycles. The number of rotatable bonds is 7. The van der Waals surface area contributed by atoms with Gasteiger partial charge in [-0.3, -0.25) is 9.59 Å². The van der Waals surface area contributed by atoms with Crippen molar-refractivity contribution >= 4 is 34.2 Å². The second-order valence-electron chi connectivity index (χ2n) is 6.63. The molecule has 0 saturated heterocycles. The van der Waals surface area contributed by atoms with E-state index < -0.39 is 5.91 Å². The van der Waals surface area contributed by atoms with Crippen LogP contribution in [0.2, 0.25) is 5.02 Å². The van der Waals surface area contributed by atoms with Crippen molar-refractivity contribution in [2.45, 2.75) is 26.4 Å². The maximum Gasteiger partial charge on any atom is 0.251 e. The summed E-state index contributed by atoms with van der Waals surface area (Å²) in [6, 6.07) is 8.44. The normalized spacial score (nSPS) is 11.0. The molecule has 2 aromatic heterocycles. The number of aromatic nitrogens is 2. The standard InChI is InChI=1S/C20H21ClN4O3/c1-11(2)28-17-10-16-14(8-15(17)21)7-13(20(27)25-16)4-6-24-18-9-12(19(22)26)3-5-23-18/h3,5,7-11H,4,6H2,1-2H3,(H2,22,26)(H,23,24)(H,25,27). The zero-order chi connectivity index (χ0) is 20.3. The number of benzene rings is 1. The monoisotopic (exact) mass is 400 g/mol. The largest absolute Gasteiger partial charge is 0.489 e. The number of hydrogen-bond acceptors (Lipinski definition) is 5. The first-order chi connectivity index (χ1) is 13.3. The third-order valence-electron chi connectivity index (χ3n) is 4.08. The molecule has 3 aromatic rings. The fraction of sp³-hybridized carbons (Fsp3) is 0.250. The average molecular weight is 401 g/mol. The highest BCUT2D eigenvalue weighted by atomic mass is 35.5. The fourth-order valence-electron chi connectivity index (χ4n) is 2.79. The lowest BCUT2D eigenvalue weighted by Gasteiger charge is -2.13. The van der Waals surface area contributed by atoms with Crippen LogP contribution < -0.4 is 21.3 Å². The van der Waals surface area contributed by atoms with Gasteiger partial charge in [-0.1, -0.05) is 11.6 Å². The summed E-state index contributed by atoms with van der Waals surface area (Å²) in [5, 5.41) is 4.40. The molecule has 0 atom stereocenters. The van der Waals surface area contributed by atoms with E-state index in [1.54, 1.807) is 24.3 Å². The maximum atomic E-state index is 12.4. The third kappa shape index (κ3) is 4.61. The number of H-pyrrole nitrogens is 1. The second kappa shape index (κ2) is 8.31. The van der Waals surface area contributed by atoms with Crippen molar-refractivity contribution in [1.29, 1.82) is 0 Å². The summed E-state index contributed by atoms with van der Waals surface area (Å²) in [6.07, 6.45) is 1.95. The fourth-order valence-corrected chi connectivity index (χ4v) is 3.00. The van der Waals surface area contributed by atoms with Gasteiger partial charge in [0.1, 0.15) is 11.6 Å². The summed E-state index contributed by atoms with van der Waals surface area (Å²) in [4.78, 5) is 30.6. The number of nitrogens with one attached hydrogen (secondary N) is 2. The molecule has 0 radical (unpaired) electrons. The molecule has 4 N–H and O–H groups in total. The molecule has 7 nitrogen and oxygen atoms in total. The summed E-state index contributed by atoms with van der Waals surface area (Å²) < 4.78 is 5.66. The topological polar surface area (TPSA) is 110 Å². The molecule has 0 spiro atoms. The molecule has 1 amide bonds. The van der Waals surface area contributed by atoms with Gasteiger partial charge in [-0.2, -0.15) is 0 Å². The number of amides is 1. The van der Waals surface area contributed by atoms with Gasteiger partial charge >= 0.3 is 0 Å². The minimum Gasteiger partial charge on any atom is -0.489 e. The van der Waals surface area contributed by atoms with Crippen molar-refractivity contribution in [2.75, 3.05) is 11.9 Å². The zero-order valence-corrected chi connectivity index (χ0v) is 16.3. The Labute approximate surface area is 166 Å².